The summed E-state index contributed by atoms with van der Waals surface area (Å²) in [5.41, 5.74) is 1.02. The topological polar surface area (TPSA) is 133 Å². The quantitative estimate of drug-likeness (QED) is 0.372. The van der Waals surface area contributed by atoms with Crippen molar-refractivity contribution in [2.24, 2.45) is 0 Å². The number of fused-ring (bicyclic) bond motifs is 4. The van der Waals surface area contributed by atoms with E-state index in [2.05, 4.69) is 25.2 Å². The number of carboxylic acid groups (broad SMARTS) is 1. The van der Waals surface area contributed by atoms with E-state index in [4.69, 9.17) is 9.47 Å². The van der Waals surface area contributed by atoms with Crippen molar-refractivity contribution in [2.45, 2.75) is 32.1 Å². The lowest BCUT2D eigenvalue weighted by molar-refractivity contribution is 0.135. The summed E-state index contributed by atoms with van der Waals surface area (Å²) < 4.78 is 42.6. The van der Waals surface area contributed by atoms with E-state index < -0.39 is 17.7 Å². The van der Waals surface area contributed by atoms with Crippen molar-refractivity contribution < 1.29 is 28.2 Å². The molecule has 38 heavy (non-hydrogen) atoms. The summed E-state index contributed by atoms with van der Waals surface area (Å²) in [4.78, 5) is 26.3. The van der Waals surface area contributed by atoms with Crippen LogP contribution >= 0.6 is 11.3 Å². The van der Waals surface area contributed by atoms with Crippen LogP contribution in [0.15, 0.2) is 12.4 Å². The molecule has 1 fully saturated rings. The number of hydrogen-bond acceptors (Lipinski definition) is 9. The minimum Gasteiger partial charge on any atom is -0.465 e. The third-order valence-electron chi connectivity index (χ3n) is 6.99. The van der Waals surface area contributed by atoms with Gasteiger partial charge in [0.05, 0.1) is 35.4 Å². The summed E-state index contributed by atoms with van der Waals surface area (Å²) in [6, 6.07) is 2.16. The summed E-state index contributed by atoms with van der Waals surface area (Å²) in [5, 5.41) is 21.5. The average Bonchev–Trinajstić information content (AvgIpc) is 3.62. The number of benzene rings is 1. The molecule has 6 rings (SSSR count). The molecule has 0 aliphatic carbocycles. The highest BCUT2D eigenvalue weighted by Crippen LogP contribution is 2.45. The number of hydrogen-bond donors (Lipinski definition) is 2. The van der Waals surface area contributed by atoms with E-state index in [1.165, 1.54) is 6.20 Å². The number of anilines is 1. The van der Waals surface area contributed by atoms with Gasteiger partial charge in [-0.15, -0.1) is 11.3 Å². The number of pyridine rings is 1. The van der Waals surface area contributed by atoms with E-state index in [-0.39, 0.29) is 62.7 Å². The lowest BCUT2D eigenvalue weighted by atomic mass is 9.94. The van der Waals surface area contributed by atoms with Crippen molar-refractivity contribution >= 4 is 43.4 Å². The second-order valence-electron chi connectivity index (χ2n) is 9.15. The minimum atomic E-state index is -1.41. The average molecular weight is 539 g/mol. The van der Waals surface area contributed by atoms with Crippen LogP contribution in [0.2, 0.25) is 0 Å². The Balaban J connectivity index is 1.54. The van der Waals surface area contributed by atoms with Gasteiger partial charge in [0.25, 0.3) is 0 Å². The molecular weight excluding hydrogens is 518 g/mol. The predicted molar refractivity (Wildman–Crippen MR) is 134 cm³/mol. The number of ether oxygens (including phenoxy) is 2. The van der Waals surface area contributed by atoms with Crippen LogP contribution in [-0.2, 0) is 18.0 Å². The molecule has 0 spiro atoms. The maximum Gasteiger partial charge on any atom is 0.409 e. The van der Waals surface area contributed by atoms with Gasteiger partial charge in [0, 0.05) is 28.6 Å². The molecule has 2 aliphatic rings. The first-order valence-electron chi connectivity index (χ1n) is 11.8. The van der Waals surface area contributed by atoms with Gasteiger partial charge in [-0.25, -0.2) is 18.6 Å². The lowest BCUT2D eigenvalue weighted by Gasteiger charge is -2.19. The van der Waals surface area contributed by atoms with Gasteiger partial charge in [0.2, 0.25) is 0 Å². The van der Waals surface area contributed by atoms with E-state index in [0.717, 1.165) is 36.9 Å². The number of likely N-dealkylation sites (N-methyl/N-ethyl adjacent to an activating group) is 1. The smallest absolute Gasteiger partial charge is 0.409 e. The van der Waals surface area contributed by atoms with Gasteiger partial charge in [-0.3, -0.25) is 10.3 Å². The number of amides is 1. The summed E-state index contributed by atoms with van der Waals surface area (Å²) >= 11 is 0.743. The number of nitrogens with zero attached hydrogens (tertiary/aromatic N) is 5. The first kappa shape index (κ1) is 24.4. The molecule has 1 saturated heterocycles. The third-order valence-corrected chi connectivity index (χ3v) is 8.11. The molecule has 1 aromatic carbocycles. The Morgan fingerprint density at radius 1 is 1.34 bits per heavy atom. The van der Waals surface area contributed by atoms with E-state index in [1.54, 1.807) is 0 Å². The molecule has 1 atom stereocenters. The number of thiophene rings is 1. The zero-order valence-electron chi connectivity index (χ0n) is 20.0. The standard InChI is InChI=1S/C25H20F2N6O4S/c1-33-4-2-3-11(33)8-37-24-30-6-13-14-9-36-10-15(14)17(19(27)20(13)31-24)21-18-12(5-28)23(32-25(34)35)38-22(18)16(26)7-29-21/h6-7,11,32H,2-4,8-10H2,1H3,(H,34,35)/t11-/m0/s1. The maximum atomic E-state index is 16.3. The van der Waals surface area contributed by atoms with Crippen LogP contribution in [0.3, 0.4) is 0 Å². The fourth-order valence-corrected chi connectivity index (χ4v) is 6.17. The summed E-state index contributed by atoms with van der Waals surface area (Å²) in [6.07, 6.45) is 3.08. The van der Waals surface area contributed by atoms with Crippen molar-refractivity contribution in [1.29, 1.82) is 5.26 Å². The molecule has 0 bridgehead atoms. The predicted octanol–water partition coefficient (Wildman–Crippen LogP) is 4.65. The maximum absolute atomic E-state index is 16.3. The van der Waals surface area contributed by atoms with E-state index in [0.29, 0.717) is 23.1 Å². The molecule has 0 radical (unpaired) electrons. The molecule has 194 valence electrons. The zero-order valence-corrected chi connectivity index (χ0v) is 20.9. The van der Waals surface area contributed by atoms with Gasteiger partial charge in [-0.05, 0) is 37.6 Å². The van der Waals surface area contributed by atoms with Gasteiger partial charge < -0.3 is 19.5 Å². The molecule has 2 N–H and O–H groups in total. The van der Waals surface area contributed by atoms with Crippen molar-refractivity contribution in [2.75, 3.05) is 25.5 Å². The van der Waals surface area contributed by atoms with Gasteiger partial charge >= 0.3 is 12.1 Å². The highest BCUT2D eigenvalue weighted by Gasteiger charge is 2.31. The molecule has 10 nitrogen and oxygen atoms in total. The largest absolute Gasteiger partial charge is 0.465 e. The number of carbonyl (C=O) groups is 1. The van der Waals surface area contributed by atoms with Crippen molar-refractivity contribution in [1.82, 2.24) is 19.9 Å². The third kappa shape index (κ3) is 3.89. The molecular formula is C25H20F2N6O4S. The summed E-state index contributed by atoms with van der Waals surface area (Å²) in [5.74, 6) is -1.50. The van der Waals surface area contributed by atoms with Gasteiger partial charge in [-0.1, -0.05) is 0 Å². The van der Waals surface area contributed by atoms with E-state index in [1.807, 2.05) is 13.1 Å². The lowest BCUT2D eigenvalue weighted by Crippen LogP contribution is -2.30. The Hall–Kier alpha value is -3.99. The highest BCUT2D eigenvalue weighted by molar-refractivity contribution is 7.23. The Morgan fingerprint density at radius 3 is 2.89 bits per heavy atom. The first-order valence-corrected chi connectivity index (χ1v) is 12.6. The highest BCUT2D eigenvalue weighted by atomic mass is 32.1. The number of likely N-dealkylation sites (tertiary alicyclic amines) is 1. The Labute approximate surface area is 218 Å². The fraction of sp³-hybridized carbons (Fsp3) is 0.320. The Bertz CT molecular complexity index is 1670. The molecule has 0 unspecified atom stereocenters. The van der Waals surface area contributed by atoms with Crippen LogP contribution in [0.25, 0.3) is 32.2 Å². The van der Waals surface area contributed by atoms with Crippen LogP contribution in [-0.4, -0.2) is 57.3 Å². The number of aromatic nitrogens is 3. The van der Waals surface area contributed by atoms with Crippen molar-refractivity contribution in [3.05, 3.63) is 40.7 Å². The molecule has 5 heterocycles. The van der Waals surface area contributed by atoms with Gasteiger partial charge in [-0.2, -0.15) is 10.2 Å². The number of halogens is 2. The van der Waals surface area contributed by atoms with Gasteiger partial charge in [0.1, 0.15) is 23.2 Å². The molecule has 3 aromatic heterocycles. The summed E-state index contributed by atoms with van der Waals surface area (Å²) in [6.45, 7) is 1.59. The van der Waals surface area contributed by atoms with Crippen LogP contribution < -0.4 is 10.1 Å². The van der Waals surface area contributed by atoms with E-state index >= 15 is 4.39 Å². The molecule has 2 aliphatic heterocycles. The molecule has 0 saturated carbocycles. The van der Waals surface area contributed by atoms with Crippen molar-refractivity contribution in [3.63, 3.8) is 0 Å². The van der Waals surface area contributed by atoms with E-state index in [9.17, 15) is 19.6 Å². The SMILES string of the molecule is CN1CCC[C@H]1COc1ncc2c3c(c(-c4ncc(F)c5sc(NC(=O)O)c(C#N)c45)c(F)c2n1)COC3. The van der Waals surface area contributed by atoms with Gasteiger partial charge in [0.15, 0.2) is 11.6 Å². The second-order valence-corrected chi connectivity index (χ2v) is 10.2. The monoisotopic (exact) mass is 538 g/mol. The zero-order chi connectivity index (χ0) is 26.6. The summed E-state index contributed by atoms with van der Waals surface area (Å²) in [7, 11) is 2.02. The second kappa shape index (κ2) is 9.39. The fourth-order valence-electron chi connectivity index (χ4n) is 5.13. The number of rotatable bonds is 5. The van der Waals surface area contributed by atoms with Crippen LogP contribution in [0.4, 0.5) is 18.6 Å². The van der Waals surface area contributed by atoms with Crippen LogP contribution in [0.1, 0.15) is 29.5 Å². The Morgan fingerprint density at radius 2 is 2.16 bits per heavy atom. The number of nitrogens with one attached hydrogen (secondary N) is 1. The normalized spacial score (nSPS) is 17.2. The molecule has 1 amide bonds. The minimum absolute atomic E-state index is 0.00227. The Kier molecular flexibility index (Phi) is 6.02. The first-order chi connectivity index (χ1) is 18.4. The van der Waals surface area contributed by atoms with Crippen LogP contribution in [0.5, 0.6) is 6.01 Å². The van der Waals surface area contributed by atoms with Crippen LogP contribution in [0, 0.1) is 23.0 Å². The molecule has 4 aromatic rings. The number of nitriles is 1. The van der Waals surface area contributed by atoms with Crippen molar-refractivity contribution in [3.8, 4) is 23.3 Å². The molecule has 13 heteroatoms.